The maximum Gasteiger partial charge on any atom is 0.326 e. The Hall–Kier alpha value is -2.70. The summed E-state index contributed by atoms with van der Waals surface area (Å²) < 4.78 is 0. The van der Waals surface area contributed by atoms with Crippen LogP contribution < -0.4 is 0 Å². The number of fused-ring (bicyclic) bond motifs is 1. The van der Waals surface area contributed by atoms with Crippen molar-refractivity contribution in [2.24, 2.45) is 0 Å². The highest BCUT2D eigenvalue weighted by Crippen LogP contribution is 2.26. The third kappa shape index (κ3) is 3.30. The number of rotatable bonds is 5. The van der Waals surface area contributed by atoms with Gasteiger partial charge in [-0.3, -0.25) is 19.3 Å². The van der Waals surface area contributed by atoms with Gasteiger partial charge in [-0.05, 0) is 18.6 Å². The molecule has 7 heteroatoms. The fourth-order valence-electron chi connectivity index (χ4n) is 2.11. The number of nitrogens with zero attached hydrogens (tertiary/aromatic N) is 1. The van der Waals surface area contributed by atoms with Crippen molar-refractivity contribution in [3.8, 4) is 0 Å². The molecule has 1 aliphatic heterocycles. The molecule has 22 heavy (non-hydrogen) atoms. The lowest BCUT2D eigenvalue weighted by atomic mass is 10.1. The molecule has 0 spiro atoms. The van der Waals surface area contributed by atoms with Gasteiger partial charge in [0.1, 0.15) is 6.04 Å². The van der Waals surface area contributed by atoms with Crippen molar-refractivity contribution in [3.05, 3.63) is 35.4 Å². The van der Waals surface area contributed by atoms with Gasteiger partial charge in [0.25, 0.3) is 11.8 Å². The van der Waals surface area contributed by atoms with Gasteiger partial charge in [-0.2, -0.15) is 0 Å². The molecule has 1 heterocycles. The van der Waals surface area contributed by atoms with Gasteiger partial charge >= 0.3 is 11.9 Å². The number of carboxylic acid groups (broad SMARTS) is 2. The Bertz CT molecular complexity index is 575. The summed E-state index contributed by atoms with van der Waals surface area (Å²) >= 11 is 0. The average molecular weight is 307 g/mol. The van der Waals surface area contributed by atoms with E-state index in [1.165, 1.54) is 12.1 Å². The van der Waals surface area contributed by atoms with Crippen LogP contribution in [0.15, 0.2) is 24.3 Å². The molecule has 2 N–H and O–H groups in total. The Kier molecular flexibility index (Phi) is 5.80. The average Bonchev–Trinajstić information content (AvgIpc) is 2.74. The highest BCUT2D eigenvalue weighted by atomic mass is 16.4. The second-order valence-corrected chi connectivity index (χ2v) is 4.31. The summed E-state index contributed by atoms with van der Waals surface area (Å²) in [6, 6.07) is 4.54. The van der Waals surface area contributed by atoms with Crippen molar-refractivity contribution >= 4 is 23.8 Å². The highest BCUT2D eigenvalue weighted by molar-refractivity contribution is 6.22. The predicted molar refractivity (Wildman–Crippen MR) is 76.6 cm³/mol. The molecule has 1 aliphatic rings. The first-order valence-corrected chi connectivity index (χ1v) is 6.85. The van der Waals surface area contributed by atoms with E-state index < -0.39 is 36.2 Å². The molecule has 0 aliphatic carbocycles. The topological polar surface area (TPSA) is 112 Å². The monoisotopic (exact) mass is 307 g/mol. The van der Waals surface area contributed by atoms with Crippen molar-refractivity contribution < 1.29 is 29.4 Å². The lowest BCUT2D eigenvalue weighted by Crippen LogP contribution is -2.45. The van der Waals surface area contributed by atoms with Gasteiger partial charge in [-0.15, -0.1) is 0 Å². The van der Waals surface area contributed by atoms with E-state index in [9.17, 15) is 19.2 Å². The van der Waals surface area contributed by atoms with E-state index in [2.05, 4.69) is 0 Å². The van der Waals surface area contributed by atoms with Crippen LogP contribution in [0.3, 0.4) is 0 Å². The molecule has 0 bridgehead atoms. The molecule has 0 aromatic heterocycles. The molecule has 2 rings (SSSR count). The molecule has 1 unspecified atom stereocenters. The smallest absolute Gasteiger partial charge is 0.326 e. The van der Waals surface area contributed by atoms with E-state index in [0.717, 1.165) is 0 Å². The van der Waals surface area contributed by atoms with Gasteiger partial charge in [0.05, 0.1) is 11.1 Å². The van der Waals surface area contributed by atoms with Crippen LogP contribution in [0.2, 0.25) is 0 Å². The van der Waals surface area contributed by atoms with E-state index in [0.29, 0.717) is 4.90 Å². The minimum Gasteiger partial charge on any atom is -0.481 e. The molecule has 118 valence electrons. The number of benzene rings is 1. The largest absolute Gasteiger partial charge is 0.481 e. The molecule has 1 aromatic carbocycles. The van der Waals surface area contributed by atoms with Crippen molar-refractivity contribution in [2.75, 3.05) is 0 Å². The molecule has 7 nitrogen and oxygen atoms in total. The fraction of sp³-hybridized carbons (Fsp3) is 0.333. The first kappa shape index (κ1) is 17.4. The maximum atomic E-state index is 12.1. The molecule has 2 amide bonds. The summed E-state index contributed by atoms with van der Waals surface area (Å²) in [5.74, 6) is -4.00. The second-order valence-electron chi connectivity index (χ2n) is 4.31. The fourth-order valence-corrected chi connectivity index (χ4v) is 2.11. The quantitative estimate of drug-likeness (QED) is 0.799. The summed E-state index contributed by atoms with van der Waals surface area (Å²) in [6.45, 7) is 4.00. The van der Waals surface area contributed by atoms with E-state index >= 15 is 0 Å². The maximum absolute atomic E-state index is 12.1. The number of hydrogen-bond acceptors (Lipinski definition) is 4. The summed E-state index contributed by atoms with van der Waals surface area (Å²) in [7, 11) is 0. The first-order valence-electron chi connectivity index (χ1n) is 6.85. The van der Waals surface area contributed by atoms with Gasteiger partial charge in [0, 0.05) is 6.42 Å². The van der Waals surface area contributed by atoms with Crippen LogP contribution in [-0.2, 0) is 9.59 Å². The van der Waals surface area contributed by atoms with Crippen LogP contribution in [0.1, 0.15) is 47.4 Å². The first-order chi connectivity index (χ1) is 10.4. The molecule has 0 fully saturated rings. The number of imide groups is 1. The predicted octanol–water partition coefficient (Wildman–Crippen LogP) is 1.63. The van der Waals surface area contributed by atoms with E-state index in [-0.39, 0.29) is 17.5 Å². The van der Waals surface area contributed by atoms with Crippen LogP contribution in [0.5, 0.6) is 0 Å². The Morgan fingerprint density at radius 2 is 1.50 bits per heavy atom. The van der Waals surface area contributed by atoms with Gasteiger partial charge in [-0.25, -0.2) is 4.79 Å². The van der Waals surface area contributed by atoms with E-state index in [4.69, 9.17) is 10.2 Å². The lowest BCUT2D eigenvalue weighted by Gasteiger charge is -2.21. The third-order valence-corrected chi connectivity index (χ3v) is 3.05. The number of aliphatic carboxylic acids is 2. The Labute approximate surface area is 127 Å². The number of carboxylic acids is 2. The van der Waals surface area contributed by atoms with Gasteiger partial charge < -0.3 is 10.2 Å². The van der Waals surface area contributed by atoms with E-state index in [1.54, 1.807) is 12.1 Å². The molecule has 1 aromatic rings. The van der Waals surface area contributed by atoms with Crippen LogP contribution in [0, 0.1) is 0 Å². The number of hydrogen-bond donors (Lipinski definition) is 2. The zero-order valence-corrected chi connectivity index (χ0v) is 12.3. The second kappa shape index (κ2) is 7.35. The van der Waals surface area contributed by atoms with Crippen LogP contribution in [0.25, 0.3) is 0 Å². The van der Waals surface area contributed by atoms with E-state index in [1.807, 2.05) is 13.8 Å². The van der Waals surface area contributed by atoms with Crippen molar-refractivity contribution in [1.82, 2.24) is 4.90 Å². The zero-order chi connectivity index (χ0) is 16.9. The number of amides is 2. The molecule has 0 saturated carbocycles. The van der Waals surface area contributed by atoms with Crippen LogP contribution in [0.4, 0.5) is 0 Å². The van der Waals surface area contributed by atoms with Crippen molar-refractivity contribution in [2.45, 2.75) is 32.7 Å². The van der Waals surface area contributed by atoms with Crippen molar-refractivity contribution in [3.63, 3.8) is 0 Å². The summed E-state index contributed by atoms with van der Waals surface area (Å²) in [4.78, 5) is 46.5. The standard InChI is InChI=1S/C13H11NO6.C2H6/c15-10(16)6-5-9(13(19)20)14-11(17)7-3-1-2-4-8(7)12(14)18;1-2/h1-4,9H,5-6H2,(H,15,16)(H,19,20);1-2H3. The zero-order valence-electron chi connectivity index (χ0n) is 12.3. The lowest BCUT2D eigenvalue weighted by molar-refractivity contribution is -0.142. The van der Waals surface area contributed by atoms with Gasteiger partial charge in [0.15, 0.2) is 0 Å². The summed E-state index contributed by atoms with van der Waals surface area (Å²) in [5, 5.41) is 17.7. The van der Waals surface area contributed by atoms with Crippen LogP contribution >= 0.6 is 0 Å². The summed E-state index contributed by atoms with van der Waals surface area (Å²) in [5.41, 5.74) is 0.276. The van der Waals surface area contributed by atoms with Gasteiger partial charge in [0.2, 0.25) is 0 Å². The minimum atomic E-state index is -1.47. The van der Waals surface area contributed by atoms with Crippen LogP contribution in [-0.4, -0.2) is 44.9 Å². The highest BCUT2D eigenvalue weighted by Gasteiger charge is 2.42. The third-order valence-electron chi connectivity index (χ3n) is 3.05. The SMILES string of the molecule is CC.O=C(O)CCC(C(=O)O)N1C(=O)c2ccccc2C1=O. The normalized spacial score (nSPS) is 14.0. The Balaban J connectivity index is 0.00000116. The Morgan fingerprint density at radius 3 is 1.86 bits per heavy atom. The summed E-state index contributed by atoms with van der Waals surface area (Å²) in [6.07, 6.45) is -0.763. The minimum absolute atomic E-state index is 0.138. The molecular formula is C15H17NO6. The molecule has 1 atom stereocenters. The molecule has 0 saturated heterocycles. The number of carbonyl (C=O) groups is 4. The number of carbonyl (C=O) groups excluding carboxylic acids is 2. The van der Waals surface area contributed by atoms with Gasteiger partial charge in [-0.1, -0.05) is 26.0 Å². The Morgan fingerprint density at radius 1 is 1.05 bits per heavy atom. The molecular weight excluding hydrogens is 290 g/mol. The molecule has 0 radical (unpaired) electrons. The van der Waals surface area contributed by atoms with Crippen molar-refractivity contribution in [1.29, 1.82) is 0 Å².